The predicted molar refractivity (Wildman–Crippen MR) is 99.2 cm³/mol. The topological polar surface area (TPSA) is 75.4 Å². The van der Waals surface area contributed by atoms with E-state index in [1.165, 1.54) is 0 Å². The zero-order valence-corrected chi connectivity index (χ0v) is 15.7. The SMILES string of the molecule is Cc1cc(C(=O)Nc2cc(C(=O)N3CC(C)CC(C)C3)ccc2C)on1. The molecule has 2 amide bonds. The van der Waals surface area contributed by atoms with Crippen LogP contribution >= 0.6 is 0 Å². The Morgan fingerprint density at radius 1 is 1.15 bits per heavy atom. The lowest BCUT2D eigenvalue weighted by Crippen LogP contribution is -2.42. The molecule has 1 aliphatic rings. The minimum Gasteiger partial charge on any atom is -0.351 e. The van der Waals surface area contributed by atoms with Gasteiger partial charge in [0.2, 0.25) is 5.76 Å². The average Bonchev–Trinajstić information content (AvgIpc) is 3.02. The van der Waals surface area contributed by atoms with Gasteiger partial charge in [0.25, 0.3) is 11.8 Å². The summed E-state index contributed by atoms with van der Waals surface area (Å²) in [5, 5.41) is 6.54. The summed E-state index contributed by atoms with van der Waals surface area (Å²) in [6, 6.07) is 6.99. The van der Waals surface area contributed by atoms with Gasteiger partial charge in [0.15, 0.2) is 0 Å². The Balaban J connectivity index is 1.78. The number of hydrogen-bond acceptors (Lipinski definition) is 4. The number of likely N-dealkylation sites (tertiary alicyclic amines) is 1. The Bertz CT molecular complexity index is 817. The Kier molecular flexibility index (Phi) is 5.11. The summed E-state index contributed by atoms with van der Waals surface area (Å²) in [6.45, 7) is 9.55. The third-order valence-corrected chi connectivity index (χ3v) is 4.74. The molecule has 0 saturated carbocycles. The predicted octanol–water partition coefficient (Wildman–Crippen LogP) is 3.66. The Morgan fingerprint density at radius 3 is 2.46 bits per heavy atom. The normalized spacial score (nSPS) is 20.1. The summed E-state index contributed by atoms with van der Waals surface area (Å²) < 4.78 is 5.00. The first-order valence-corrected chi connectivity index (χ1v) is 8.98. The number of nitrogens with zero attached hydrogens (tertiary/aromatic N) is 2. The number of piperidine rings is 1. The Labute approximate surface area is 153 Å². The van der Waals surface area contributed by atoms with Gasteiger partial charge in [-0.05, 0) is 49.8 Å². The van der Waals surface area contributed by atoms with Crippen LogP contribution in [0.15, 0.2) is 28.8 Å². The molecule has 1 aromatic carbocycles. The molecule has 138 valence electrons. The Morgan fingerprint density at radius 2 is 1.85 bits per heavy atom. The molecule has 2 aromatic rings. The molecule has 0 aliphatic carbocycles. The third kappa shape index (κ3) is 3.95. The van der Waals surface area contributed by atoms with Crippen LogP contribution in [0.2, 0.25) is 0 Å². The molecule has 0 bridgehead atoms. The lowest BCUT2D eigenvalue weighted by molar-refractivity contribution is 0.0623. The van der Waals surface area contributed by atoms with Crippen molar-refractivity contribution in [2.24, 2.45) is 11.8 Å². The molecule has 6 heteroatoms. The van der Waals surface area contributed by atoms with Crippen molar-refractivity contribution in [3.8, 4) is 0 Å². The number of amides is 2. The van der Waals surface area contributed by atoms with Crippen LogP contribution in [0.5, 0.6) is 0 Å². The highest BCUT2D eigenvalue weighted by Gasteiger charge is 2.26. The van der Waals surface area contributed by atoms with Crippen molar-refractivity contribution in [1.29, 1.82) is 0 Å². The summed E-state index contributed by atoms with van der Waals surface area (Å²) in [7, 11) is 0. The van der Waals surface area contributed by atoms with E-state index in [1.807, 2.05) is 24.0 Å². The van der Waals surface area contributed by atoms with E-state index in [2.05, 4.69) is 24.3 Å². The van der Waals surface area contributed by atoms with Crippen molar-refractivity contribution >= 4 is 17.5 Å². The molecule has 1 aromatic heterocycles. The smallest absolute Gasteiger partial charge is 0.294 e. The summed E-state index contributed by atoms with van der Waals surface area (Å²) in [4.78, 5) is 27.1. The van der Waals surface area contributed by atoms with Crippen LogP contribution in [0.3, 0.4) is 0 Å². The van der Waals surface area contributed by atoms with Gasteiger partial charge in [-0.1, -0.05) is 25.1 Å². The monoisotopic (exact) mass is 355 g/mol. The fourth-order valence-electron chi connectivity index (χ4n) is 3.56. The highest BCUT2D eigenvalue weighted by atomic mass is 16.5. The van der Waals surface area contributed by atoms with Crippen LogP contribution in [0.1, 0.15) is 52.4 Å². The first kappa shape index (κ1) is 18.2. The second-order valence-corrected chi connectivity index (χ2v) is 7.47. The number of rotatable bonds is 3. The van der Waals surface area contributed by atoms with Crippen LogP contribution in [0, 0.1) is 25.7 Å². The summed E-state index contributed by atoms with van der Waals surface area (Å²) in [5.74, 6) is 0.786. The maximum absolute atomic E-state index is 12.9. The van der Waals surface area contributed by atoms with Crippen LogP contribution in [-0.4, -0.2) is 35.0 Å². The third-order valence-electron chi connectivity index (χ3n) is 4.74. The van der Waals surface area contributed by atoms with Crippen molar-refractivity contribution in [2.45, 2.75) is 34.1 Å². The maximum Gasteiger partial charge on any atom is 0.294 e. The first-order valence-electron chi connectivity index (χ1n) is 8.98. The quantitative estimate of drug-likeness (QED) is 0.912. The number of carbonyl (C=O) groups excluding carboxylic acids is 2. The molecule has 2 unspecified atom stereocenters. The number of anilines is 1. The van der Waals surface area contributed by atoms with Crippen molar-refractivity contribution < 1.29 is 14.1 Å². The highest BCUT2D eigenvalue weighted by Crippen LogP contribution is 2.24. The van der Waals surface area contributed by atoms with Gasteiger partial charge < -0.3 is 14.7 Å². The fourth-order valence-corrected chi connectivity index (χ4v) is 3.56. The molecule has 6 nitrogen and oxygen atoms in total. The molecule has 2 heterocycles. The average molecular weight is 355 g/mol. The van der Waals surface area contributed by atoms with Crippen LogP contribution < -0.4 is 5.32 Å². The molecule has 0 spiro atoms. The summed E-state index contributed by atoms with van der Waals surface area (Å²) in [5.41, 5.74) is 2.71. The fraction of sp³-hybridized carbons (Fsp3) is 0.450. The zero-order chi connectivity index (χ0) is 18.8. The number of benzene rings is 1. The van der Waals surface area contributed by atoms with Crippen molar-refractivity contribution in [2.75, 3.05) is 18.4 Å². The Hall–Kier alpha value is -2.63. The molecule has 1 fully saturated rings. The van der Waals surface area contributed by atoms with Gasteiger partial charge in [-0.15, -0.1) is 0 Å². The van der Waals surface area contributed by atoms with Crippen LogP contribution in [-0.2, 0) is 0 Å². The van der Waals surface area contributed by atoms with Gasteiger partial charge in [0.05, 0.1) is 5.69 Å². The van der Waals surface area contributed by atoms with Gasteiger partial charge in [-0.3, -0.25) is 9.59 Å². The number of aromatic nitrogens is 1. The van der Waals surface area contributed by atoms with E-state index < -0.39 is 0 Å². The molecule has 1 N–H and O–H groups in total. The second-order valence-electron chi connectivity index (χ2n) is 7.47. The van der Waals surface area contributed by atoms with Crippen molar-refractivity contribution in [3.63, 3.8) is 0 Å². The van der Waals surface area contributed by atoms with Crippen molar-refractivity contribution in [1.82, 2.24) is 10.1 Å². The molecular formula is C20H25N3O3. The number of aryl methyl sites for hydroxylation is 2. The van der Waals surface area contributed by atoms with Crippen LogP contribution in [0.4, 0.5) is 5.69 Å². The van der Waals surface area contributed by atoms with Crippen LogP contribution in [0.25, 0.3) is 0 Å². The van der Waals surface area contributed by atoms with Gasteiger partial charge in [-0.2, -0.15) is 0 Å². The highest BCUT2D eigenvalue weighted by molar-refractivity contribution is 6.04. The first-order chi connectivity index (χ1) is 12.3. The number of nitrogens with one attached hydrogen (secondary N) is 1. The van der Waals surface area contributed by atoms with Crippen molar-refractivity contribution in [3.05, 3.63) is 46.8 Å². The van der Waals surface area contributed by atoms with E-state index in [4.69, 9.17) is 4.52 Å². The largest absolute Gasteiger partial charge is 0.351 e. The van der Waals surface area contributed by atoms with E-state index in [0.717, 1.165) is 25.1 Å². The van der Waals surface area contributed by atoms with E-state index in [9.17, 15) is 9.59 Å². The van der Waals surface area contributed by atoms with Gasteiger partial charge in [0.1, 0.15) is 0 Å². The second kappa shape index (κ2) is 7.32. The molecule has 1 aliphatic heterocycles. The lowest BCUT2D eigenvalue weighted by atomic mass is 9.91. The standard InChI is InChI=1S/C20H25N3O3/c1-12-7-13(2)11-23(10-12)20(25)16-6-5-14(3)17(9-16)21-19(24)18-8-15(4)22-26-18/h5-6,8-9,12-13H,7,10-11H2,1-4H3,(H,21,24). The molecule has 3 rings (SSSR count). The molecule has 26 heavy (non-hydrogen) atoms. The van der Waals surface area contributed by atoms with Gasteiger partial charge >= 0.3 is 0 Å². The zero-order valence-electron chi connectivity index (χ0n) is 15.7. The number of hydrogen-bond donors (Lipinski definition) is 1. The minimum atomic E-state index is -0.376. The van der Waals surface area contributed by atoms with E-state index in [0.29, 0.717) is 28.8 Å². The lowest BCUT2D eigenvalue weighted by Gasteiger charge is -2.35. The molecular weight excluding hydrogens is 330 g/mol. The molecule has 0 radical (unpaired) electrons. The van der Waals surface area contributed by atoms with Gasteiger partial charge in [-0.25, -0.2) is 0 Å². The molecule has 2 atom stereocenters. The summed E-state index contributed by atoms with van der Waals surface area (Å²) >= 11 is 0. The van der Waals surface area contributed by atoms with E-state index in [-0.39, 0.29) is 17.6 Å². The summed E-state index contributed by atoms with van der Waals surface area (Å²) in [6.07, 6.45) is 1.15. The van der Waals surface area contributed by atoms with E-state index in [1.54, 1.807) is 19.1 Å². The minimum absolute atomic E-state index is 0.00871. The van der Waals surface area contributed by atoms with E-state index >= 15 is 0 Å². The molecule has 1 saturated heterocycles. The maximum atomic E-state index is 12.9. The number of carbonyl (C=O) groups is 2. The van der Waals surface area contributed by atoms with Gasteiger partial charge in [0, 0.05) is 30.4 Å².